The van der Waals surface area contributed by atoms with E-state index in [2.05, 4.69) is 17.2 Å². The van der Waals surface area contributed by atoms with Gasteiger partial charge in [-0.2, -0.15) is 0 Å². The Morgan fingerprint density at radius 3 is 2.48 bits per heavy atom. The number of benzene rings is 1. The van der Waals surface area contributed by atoms with Crippen LogP contribution in [0.5, 0.6) is 0 Å². The summed E-state index contributed by atoms with van der Waals surface area (Å²) in [6, 6.07) is 7.43. The van der Waals surface area contributed by atoms with E-state index in [4.69, 9.17) is 10.5 Å². The van der Waals surface area contributed by atoms with Gasteiger partial charge in [-0.3, -0.25) is 9.59 Å². The monoisotopic (exact) mass is 460 g/mol. The lowest BCUT2D eigenvalue weighted by Crippen LogP contribution is -2.50. The summed E-state index contributed by atoms with van der Waals surface area (Å²) in [7, 11) is 0. The Hall–Kier alpha value is -3.40. The molecule has 0 saturated carbocycles. The van der Waals surface area contributed by atoms with E-state index in [0.717, 1.165) is 5.56 Å². The summed E-state index contributed by atoms with van der Waals surface area (Å²) >= 11 is 0. The molecule has 2 atom stereocenters. The van der Waals surface area contributed by atoms with E-state index in [-0.39, 0.29) is 36.9 Å². The highest BCUT2D eigenvalue weighted by molar-refractivity contribution is 5.83. The van der Waals surface area contributed by atoms with Crippen molar-refractivity contribution in [1.29, 1.82) is 0 Å². The molecule has 3 amide bonds. The fourth-order valence-electron chi connectivity index (χ4n) is 3.41. The number of carboxylic acid groups (broad SMARTS) is 1. The van der Waals surface area contributed by atoms with E-state index in [1.165, 1.54) is 0 Å². The number of ether oxygens (including phenoxy) is 1. The highest BCUT2D eigenvalue weighted by Gasteiger charge is 2.29. The molecular weight excluding hydrogens is 428 g/mol. The Morgan fingerprint density at radius 2 is 1.88 bits per heavy atom. The van der Waals surface area contributed by atoms with Crippen molar-refractivity contribution < 1.29 is 29.0 Å². The molecule has 1 aromatic carbocycles. The predicted octanol–water partition coefficient (Wildman–Crippen LogP) is 1.01. The van der Waals surface area contributed by atoms with Crippen molar-refractivity contribution in [2.45, 2.75) is 44.4 Å². The molecule has 1 heterocycles. The van der Waals surface area contributed by atoms with Crippen molar-refractivity contribution in [3.63, 3.8) is 0 Å². The third-order valence-electron chi connectivity index (χ3n) is 5.50. The van der Waals surface area contributed by atoms with Gasteiger partial charge >= 0.3 is 12.1 Å². The minimum atomic E-state index is -1.33. The van der Waals surface area contributed by atoms with E-state index in [1.807, 2.05) is 6.07 Å². The number of carboxylic acids is 1. The number of nitrogens with one attached hydrogen (secondary N) is 2. The molecule has 1 aliphatic heterocycles. The van der Waals surface area contributed by atoms with Gasteiger partial charge in [0.15, 0.2) is 0 Å². The van der Waals surface area contributed by atoms with Gasteiger partial charge in [-0.1, -0.05) is 36.4 Å². The zero-order valence-corrected chi connectivity index (χ0v) is 18.6. The van der Waals surface area contributed by atoms with Crippen LogP contribution in [-0.2, 0) is 25.7 Å². The quantitative estimate of drug-likeness (QED) is 0.360. The second-order valence-corrected chi connectivity index (χ2v) is 7.94. The molecule has 1 aromatic rings. The number of nitrogens with two attached hydrogens (primary N) is 1. The molecule has 1 fully saturated rings. The third-order valence-corrected chi connectivity index (χ3v) is 5.50. The number of carbonyl (C=O) groups excluding carboxylic acids is 3. The van der Waals surface area contributed by atoms with Crippen LogP contribution < -0.4 is 16.4 Å². The maximum Gasteiger partial charge on any atom is 0.408 e. The average Bonchev–Trinajstić information content (AvgIpc) is 2.83. The average molecular weight is 461 g/mol. The van der Waals surface area contributed by atoms with Gasteiger partial charge in [-0.05, 0) is 24.8 Å². The van der Waals surface area contributed by atoms with Gasteiger partial charge in [0, 0.05) is 38.0 Å². The highest BCUT2D eigenvalue weighted by Crippen LogP contribution is 2.18. The normalized spacial score (nSPS) is 15.7. The topological polar surface area (TPSA) is 151 Å². The van der Waals surface area contributed by atoms with Crippen molar-refractivity contribution >= 4 is 23.9 Å². The van der Waals surface area contributed by atoms with Crippen LogP contribution in [0, 0.1) is 5.92 Å². The van der Waals surface area contributed by atoms with Gasteiger partial charge in [-0.25, -0.2) is 9.59 Å². The number of hydrogen-bond donors (Lipinski definition) is 4. The molecule has 1 aliphatic rings. The lowest BCUT2D eigenvalue weighted by Gasteiger charge is -2.31. The van der Waals surface area contributed by atoms with Crippen molar-refractivity contribution in [3.8, 4) is 0 Å². The lowest BCUT2D eigenvalue weighted by atomic mass is 9.95. The number of likely N-dealkylation sites (tertiary alicyclic amines) is 1. The summed E-state index contributed by atoms with van der Waals surface area (Å²) in [5.74, 6) is -1.93. The van der Waals surface area contributed by atoms with Crippen molar-refractivity contribution in [1.82, 2.24) is 15.5 Å². The molecule has 33 heavy (non-hydrogen) atoms. The predicted molar refractivity (Wildman–Crippen MR) is 121 cm³/mol. The summed E-state index contributed by atoms with van der Waals surface area (Å²) < 4.78 is 5.03. The molecule has 0 radical (unpaired) electrons. The molecule has 0 aromatic heterocycles. The number of hydrogen-bond acceptors (Lipinski definition) is 6. The molecular formula is C23H32N4O6. The van der Waals surface area contributed by atoms with Crippen LogP contribution in [0.3, 0.4) is 0 Å². The van der Waals surface area contributed by atoms with Gasteiger partial charge in [0.25, 0.3) is 0 Å². The number of aliphatic carboxylic acids is 1. The molecule has 0 bridgehead atoms. The van der Waals surface area contributed by atoms with Crippen molar-refractivity contribution in [2.75, 3.05) is 19.6 Å². The minimum Gasteiger partial charge on any atom is -0.480 e. The van der Waals surface area contributed by atoms with Crippen LogP contribution in [0.4, 0.5) is 4.79 Å². The van der Waals surface area contributed by atoms with Crippen LogP contribution in [0.2, 0.25) is 0 Å². The standard InChI is InChI=1S/C23H32N4O6/c1-2-18(24)8-9-20(28)27-12-10-17(11-13-27)21(29)25-14-19(22(30)31)26-23(32)33-15-16-6-4-3-5-7-16/h2-7,17-19H,1,8-15,24H2,(H,25,29)(H,26,32)(H,30,31). The maximum absolute atomic E-state index is 12.5. The summed E-state index contributed by atoms with van der Waals surface area (Å²) in [5.41, 5.74) is 6.51. The fourth-order valence-corrected chi connectivity index (χ4v) is 3.41. The number of alkyl carbamates (subject to hydrolysis) is 1. The van der Waals surface area contributed by atoms with Gasteiger partial charge in [0.05, 0.1) is 0 Å². The molecule has 1 saturated heterocycles. The van der Waals surface area contributed by atoms with Crippen molar-refractivity contribution in [2.24, 2.45) is 11.7 Å². The molecule has 2 unspecified atom stereocenters. The molecule has 0 spiro atoms. The molecule has 0 aliphatic carbocycles. The zero-order chi connectivity index (χ0) is 24.2. The van der Waals surface area contributed by atoms with E-state index in [0.29, 0.717) is 38.8 Å². The summed E-state index contributed by atoms with van der Waals surface area (Å²) in [6.45, 7) is 4.23. The van der Waals surface area contributed by atoms with Crippen LogP contribution in [0.1, 0.15) is 31.2 Å². The first-order valence-corrected chi connectivity index (χ1v) is 10.9. The van der Waals surface area contributed by atoms with Crippen molar-refractivity contribution in [3.05, 3.63) is 48.6 Å². The van der Waals surface area contributed by atoms with Crippen LogP contribution in [0.15, 0.2) is 43.0 Å². The largest absolute Gasteiger partial charge is 0.480 e. The number of rotatable bonds is 11. The Kier molecular flexibility index (Phi) is 10.4. The van der Waals surface area contributed by atoms with Gasteiger partial charge in [0.2, 0.25) is 11.8 Å². The first-order valence-electron chi connectivity index (χ1n) is 10.9. The Balaban J connectivity index is 1.72. The highest BCUT2D eigenvalue weighted by atomic mass is 16.5. The van der Waals surface area contributed by atoms with E-state index in [1.54, 1.807) is 35.2 Å². The number of piperidine rings is 1. The second kappa shape index (κ2) is 13.2. The zero-order valence-electron chi connectivity index (χ0n) is 18.6. The Morgan fingerprint density at radius 1 is 1.21 bits per heavy atom. The van der Waals surface area contributed by atoms with E-state index >= 15 is 0 Å². The van der Waals surface area contributed by atoms with Crippen LogP contribution in [-0.4, -0.2) is 65.6 Å². The first-order chi connectivity index (χ1) is 15.8. The summed E-state index contributed by atoms with van der Waals surface area (Å²) in [5, 5.41) is 14.2. The molecule has 180 valence electrons. The number of carbonyl (C=O) groups is 4. The molecule has 10 heteroatoms. The SMILES string of the molecule is C=CC(N)CCC(=O)N1CCC(C(=O)NCC(NC(=O)OCc2ccccc2)C(=O)O)CC1. The first kappa shape index (κ1) is 25.9. The second-order valence-electron chi connectivity index (χ2n) is 7.94. The van der Waals surface area contributed by atoms with Crippen LogP contribution in [0.25, 0.3) is 0 Å². The summed E-state index contributed by atoms with van der Waals surface area (Å²) in [6.07, 6.45) is 2.54. The lowest BCUT2D eigenvalue weighted by molar-refractivity contribution is -0.140. The Labute approximate surface area is 193 Å². The molecule has 5 N–H and O–H groups in total. The van der Waals surface area contributed by atoms with Gasteiger partial charge in [0.1, 0.15) is 12.6 Å². The Bertz CT molecular complexity index is 824. The third kappa shape index (κ3) is 8.93. The van der Waals surface area contributed by atoms with Gasteiger partial charge in [-0.15, -0.1) is 6.58 Å². The fraction of sp³-hybridized carbons (Fsp3) is 0.478. The van der Waals surface area contributed by atoms with Crippen LogP contribution >= 0.6 is 0 Å². The maximum atomic E-state index is 12.5. The van der Waals surface area contributed by atoms with E-state index < -0.39 is 18.1 Å². The smallest absolute Gasteiger partial charge is 0.408 e. The van der Waals surface area contributed by atoms with Gasteiger partial charge < -0.3 is 31.1 Å². The van der Waals surface area contributed by atoms with E-state index in [9.17, 15) is 24.3 Å². The summed E-state index contributed by atoms with van der Waals surface area (Å²) in [4.78, 5) is 49.8. The molecule has 2 rings (SSSR count). The number of nitrogens with zero attached hydrogens (tertiary/aromatic N) is 1. The number of amides is 3. The minimum absolute atomic E-state index is 0.00217. The molecule has 10 nitrogen and oxygen atoms in total.